The van der Waals surface area contributed by atoms with Crippen LogP contribution in [0.3, 0.4) is 0 Å². The molecular formula is C16H17ClFN3OS. The maximum atomic E-state index is 13.1. The van der Waals surface area contributed by atoms with Gasteiger partial charge in [0.2, 0.25) is 5.91 Å². The van der Waals surface area contributed by atoms with Crippen LogP contribution in [0, 0.1) is 19.7 Å². The van der Waals surface area contributed by atoms with Crippen LogP contribution in [0.1, 0.15) is 23.4 Å². The molecule has 1 aromatic heterocycles. The van der Waals surface area contributed by atoms with E-state index < -0.39 is 5.82 Å². The summed E-state index contributed by atoms with van der Waals surface area (Å²) in [6.45, 7) is 3.84. The fraction of sp³-hybridized carbons (Fsp3) is 0.312. The molecule has 0 saturated heterocycles. The van der Waals surface area contributed by atoms with Crippen molar-refractivity contribution >= 4 is 35.0 Å². The van der Waals surface area contributed by atoms with Gasteiger partial charge in [-0.25, -0.2) is 14.4 Å². The summed E-state index contributed by atoms with van der Waals surface area (Å²) in [5.74, 6) is -0.678. The van der Waals surface area contributed by atoms with E-state index in [0.29, 0.717) is 18.5 Å². The monoisotopic (exact) mass is 353 g/mol. The molecule has 0 atom stereocenters. The lowest BCUT2D eigenvalue weighted by atomic mass is 10.1. The van der Waals surface area contributed by atoms with Crippen molar-refractivity contribution in [2.75, 3.05) is 11.6 Å². The van der Waals surface area contributed by atoms with Crippen LogP contribution < -0.4 is 5.32 Å². The third-order valence-electron chi connectivity index (χ3n) is 3.39. The van der Waals surface area contributed by atoms with Crippen molar-refractivity contribution in [3.05, 3.63) is 46.0 Å². The highest BCUT2D eigenvalue weighted by Crippen LogP contribution is 2.20. The van der Waals surface area contributed by atoms with E-state index in [-0.39, 0.29) is 10.9 Å². The number of thioether (sulfide) groups is 1. The summed E-state index contributed by atoms with van der Waals surface area (Å²) < 4.78 is 13.1. The van der Waals surface area contributed by atoms with E-state index >= 15 is 0 Å². The summed E-state index contributed by atoms with van der Waals surface area (Å²) in [6.07, 6.45) is 2.76. The van der Waals surface area contributed by atoms with E-state index in [1.807, 2.05) is 20.1 Å². The number of nitrogens with one attached hydrogen (secondary N) is 1. The van der Waals surface area contributed by atoms with E-state index in [1.165, 1.54) is 30.0 Å². The highest BCUT2D eigenvalue weighted by atomic mass is 35.5. The van der Waals surface area contributed by atoms with Crippen LogP contribution in [0.25, 0.3) is 0 Å². The Labute approximate surface area is 143 Å². The minimum absolute atomic E-state index is 0.0180. The van der Waals surface area contributed by atoms with Gasteiger partial charge in [-0.2, -0.15) is 0 Å². The molecule has 23 heavy (non-hydrogen) atoms. The Balaban J connectivity index is 2.00. The van der Waals surface area contributed by atoms with Gasteiger partial charge >= 0.3 is 0 Å². The third kappa shape index (κ3) is 4.65. The van der Waals surface area contributed by atoms with E-state index in [2.05, 4.69) is 15.3 Å². The van der Waals surface area contributed by atoms with Crippen molar-refractivity contribution in [2.24, 2.45) is 0 Å². The Morgan fingerprint density at radius 1 is 1.30 bits per heavy atom. The lowest BCUT2D eigenvalue weighted by molar-refractivity contribution is -0.116. The van der Waals surface area contributed by atoms with Gasteiger partial charge in [0.15, 0.2) is 5.16 Å². The zero-order valence-electron chi connectivity index (χ0n) is 13.1. The molecule has 1 aromatic carbocycles. The van der Waals surface area contributed by atoms with Gasteiger partial charge in [-0.3, -0.25) is 4.79 Å². The number of carbonyl (C=O) groups is 1. The van der Waals surface area contributed by atoms with Crippen LogP contribution in [0.2, 0.25) is 5.02 Å². The molecule has 0 radical (unpaired) electrons. The first kappa shape index (κ1) is 17.7. The maximum absolute atomic E-state index is 13.1. The van der Waals surface area contributed by atoms with Crippen molar-refractivity contribution in [1.29, 1.82) is 0 Å². The number of amides is 1. The lowest BCUT2D eigenvalue weighted by Crippen LogP contribution is -2.13. The zero-order valence-corrected chi connectivity index (χ0v) is 14.7. The molecule has 4 nitrogen and oxygen atoms in total. The first-order valence-corrected chi connectivity index (χ1v) is 8.64. The van der Waals surface area contributed by atoms with Gasteiger partial charge in [0.05, 0.1) is 5.02 Å². The minimum atomic E-state index is -0.512. The van der Waals surface area contributed by atoms with Crippen molar-refractivity contribution in [3.63, 3.8) is 0 Å². The normalized spacial score (nSPS) is 10.7. The molecule has 2 rings (SSSR count). The van der Waals surface area contributed by atoms with Gasteiger partial charge in [-0.15, -0.1) is 0 Å². The highest BCUT2D eigenvalue weighted by Gasteiger charge is 2.11. The Morgan fingerprint density at radius 3 is 2.52 bits per heavy atom. The van der Waals surface area contributed by atoms with Crippen molar-refractivity contribution < 1.29 is 9.18 Å². The average Bonchev–Trinajstić information content (AvgIpc) is 2.50. The number of hydrogen-bond acceptors (Lipinski definition) is 4. The molecule has 0 unspecified atom stereocenters. The van der Waals surface area contributed by atoms with Gasteiger partial charge in [0, 0.05) is 23.5 Å². The lowest BCUT2D eigenvalue weighted by Gasteiger charge is -2.10. The molecule has 1 amide bonds. The minimum Gasteiger partial charge on any atom is -0.326 e. The summed E-state index contributed by atoms with van der Waals surface area (Å²) >= 11 is 7.19. The van der Waals surface area contributed by atoms with E-state index in [9.17, 15) is 9.18 Å². The van der Waals surface area contributed by atoms with Crippen LogP contribution >= 0.6 is 23.4 Å². The number of nitrogens with zero attached hydrogens (tertiary/aromatic N) is 2. The number of halogens is 2. The molecule has 122 valence electrons. The standard InChI is InChI=1S/C16H17ClFN3OS/c1-9-12(10(2)20-16(19-9)23-3)5-7-15(22)21-11-4-6-14(18)13(17)8-11/h4,6,8H,5,7H2,1-3H3,(H,21,22). The molecule has 1 N–H and O–H groups in total. The summed E-state index contributed by atoms with van der Waals surface area (Å²) in [7, 11) is 0. The molecule has 0 aliphatic heterocycles. The predicted octanol–water partition coefficient (Wildman–Crippen LogP) is 4.18. The Kier molecular flexibility index (Phi) is 5.96. The first-order valence-electron chi connectivity index (χ1n) is 7.03. The molecule has 0 fully saturated rings. The van der Waals surface area contributed by atoms with Gasteiger partial charge in [0.1, 0.15) is 5.82 Å². The molecule has 0 aliphatic carbocycles. The van der Waals surface area contributed by atoms with Gasteiger partial charge in [-0.1, -0.05) is 23.4 Å². The SMILES string of the molecule is CSc1nc(C)c(CCC(=O)Nc2ccc(F)c(Cl)c2)c(C)n1. The molecule has 2 aromatic rings. The molecule has 0 bridgehead atoms. The van der Waals surface area contributed by atoms with Crippen LogP contribution in [0.15, 0.2) is 23.4 Å². The fourth-order valence-corrected chi connectivity index (χ4v) is 2.83. The van der Waals surface area contributed by atoms with Gasteiger partial charge in [-0.05, 0) is 50.3 Å². The van der Waals surface area contributed by atoms with Crippen LogP contribution in [0.4, 0.5) is 10.1 Å². The van der Waals surface area contributed by atoms with Gasteiger partial charge < -0.3 is 5.32 Å². The topological polar surface area (TPSA) is 54.9 Å². The number of aryl methyl sites for hydroxylation is 2. The number of rotatable bonds is 5. The highest BCUT2D eigenvalue weighted by molar-refractivity contribution is 7.98. The van der Waals surface area contributed by atoms with Crippen LogP contribution in [-0.4, -0.2) is 22.1 Å². The zero-order chi connectivity index (χ0) is 17.0. The number of benzene rings is 1. The molecule has 1 heterocycles. The molecule has 0 spiro atoms. The Bertz CT molecular complexity index is 716. The summed E-state index contributed by atoms with van der Waals surface area (Å²) in [5.41, 5.74) is 3.23. The summed E-state index contributed by atoms with van der Waals surface area (Å²) in [5, 5.41) is 3.42. The average molecular weight is 354 g/mol. The predicted molar refractivity (Wildman–Crippen MR) is 91.6 cm³/mol. The summed E-state index contributed by atoms with van der Waals surface area (Å²) in [4.78, 5) is 20.8. The van der Waals surface area contributed by atoms with Crippen molar-refractivity contribution in [3.8, 4) is 0 Å². The summed E-state index contributed by atoms with van der Waals surface area (Å²) in [6, 6.07) is 4.09. The van der Waals surface area contributed by atoms with E-state index in [1.54, 1.807) is 0 Å². The number of anilines is 1. The quantitative estimate of drug-likeness (QED) is 0.647. The fourth-order valence-electron chi connectivity index (χ4n) is 2.20. The third-order valence-corrected chi connectivity index (χ3v) is 4.23. The maximum Gasteiger partial charge on any atom is 0.224 e. The number of hydrogen-bond donors (Lipinski definition) is 1. The van der Waals surface area contributed by atoms with E-state index in [0.717, 1.165) is 22.1 Å². The largest absolute Gasteiger partial charge is 0.326 e. The number of carbonyl (C=O) groups excluding carboxylic acids is 1. The molecule has 0 aliphatic rings. The van der Waals surface area contributed by atoms with Gasteiger partial charge in [0.25, 0.3) is 0 Å². The van der Waals surface area contributed by atoms with Crippen molar-refractivity contribution in [2.45, 2.75) is 31.8 Å². The Morgan fingerprint density at radius 2 is 1.96 bits per heavy atom. The van der Waals surface area contributed by atoms with E-state index in [4.69, 9.17) is 11.6 Å². The second kappa shape index (κ2) is 7.75. The second-order valence-electron chi connectivity index (χ2n) is 5.04. The van der Waals surface area contributed by atoms with Crippen LogP contribution in [-0.2, 0) is 11.2 Å². The molecule has 7 heteroatoms. The van der Waals surface area contributed by atoms with Crippen LogP contribution in [0.5, 0.6) is 0 Å². The van der Waals surface area contributed by atoms with Crippen molar-refractivity contribution in [1.82, 2.24) is 9.97 Å². The second-order valence-corrected chi connectivity index (χ2v) is 6.22. The first-order chi connectivity index (χ1) is 10.9. The smallest absolute Gasteiger partial charge is 0.224 e. The molecule has 0 saturated carbocycles. The Hall–Kier alpha value is -1.66. The molecular weight excluding hydrogens is 337 g/mol. The number of aromatic nitrogens is 2.